The SMILES string of the molecule is C/C=C/C[C@@H](C)[C@@H](O)CC(=O)N[C@@H](CC)C(=O)N(C)[C@H](OC)C(=O)N(C)[C@@H](CC(C)C)C(N)=O. The number of nitrogens with one attached hydrogen (secondary N) is 1. The number of hydrogen-bond acceptors (Lipinski definition) is 6. The summed E-state index contributed by atoms with van der Waals surface area (Å²) in [5.41, 5.74) is 5.49. The summed E-state index contributed by atoms with van der Waals surface area (Å²) < 4.78 is 5.29. The van der Waals surface area contributed by atoms with Gasteiger partial charge in [-0.05, 0) is 38.0 Å². The molecule has 34 heavy (non-hydrogen) atoms. The number of aliphatic hydroxyl groups is 1. The normalized spacial score (nSPS) is 15.9. The number of nitrogens with zero attached hydrogens (tertiary/aromatic N) is 2. The monoisotopic (exact) mass is 484 g/mol. The minimum Gasteiger partial charge on any atom is -0.392 e. The molecule has 0 rings (SSSR count). The van der Waals surface area contributed by atoms with Crippen LogP contribution in [0.2, 0.25) is 0 Å². The van der Waals surface area contributed by atoms with Gasteiger partial charge in [-0.1, -0.05) is 39.8 Å². The Labute approximate surface area is 203 Å². The van der Waals surface area contributed by atoms with E-state index in [2.05, 4.69) is 5.32 Å². The van der Waals surface area contributed by atoms with Crippen LogP contribution < -0.4 is 11.1 Å². The van der Waals surface area contributed by atoms with Gasteiger partial charge >= 0.3 is 0 Å². The number of methoxy groups -OCH3 is 1. The molecule has 0 heterocycles. The molecule has 0 radical (unpaired) electrons. The highest BCUT2D eigenvalue weighted by molar-refractivity contribution is 5.93. The number of nitrogens with two attached hydrogens (primary N) is 1. The van der Waals surface area contributed by atoms with E-state index in [4.69, 9.17) is 10.5 Å². The van der Waals surface area contributed by atoms with Crippen molar-refractivity contribution in [1.82, 2.24) is 15.1 Å². The van der Waals surface area contributed by atoms with Crippen LogP contribution in [0.15, 0.2) is 12.2 Å². The van der Waals surface area contributed by atoms with Crippen molar-refractivity contribution in [2.75, 3.05) is 21.2 Å². The third-order valence-corrected chi connectivity index (χ3v) is 5.81. The second kappa shape index (κ2) is 15.4. The molecule has 0 spiro atoms. The molecule has 0 aliphatic rings. The zero-order valence-electron chi connectivity index (χ0n) is 21.9. The number of primary amides is 1. The number of ether oxygens (including phenoxy) is 1. The number of carbonyl (C=O) groups is 4. The van der Waals surface area contributed by atoms with Gasteiger partial charge in [0.25, 0.3) is 5.91 Å². The summed E-state index contributed by atoms with van der Waals surface area (Å²) in [5.74, 6) is -2.23. The van der Waals surface area contributed by atoms with Crippen molar-refractivity contribution in [3.8, 4) is 0 Å². The Balaban J connectivity index is 5.34. The molecular formula is C24H44N4O6. The summed E-state index contributed by atoms with van der Waals surface area (Å²) >= 11 is 0. The quantitative estimate of drug-likeness (QED) is 0.234. The molecule has 4 N–H and O–H groups in total. The van der Waals surface area contributed by atoms with Gasteiger partial charge < -0.3 is 30.7 Å². The number of rotatable bonds is 15. The average Bonchev–Trinajstić information content (AvgIpc) is 2.78. The number of carbonyl (C=O) groups excluding carboxylic acids is 4. The van der Waals surface area contributed by atoms with Crippen molar-refractivity contribution in [2.45, 2.75) is 84.7 Å². The molecule has 0 unspecified atom stereocenters. The molecule has 0 aliphatic heterocycles. The molecule has 0 saturated carbocycles. The first-order valence-electron chi connectivity index (χ1n) is 11.8. The zero-order chi connectivity index (χ0) is 26.6. The number of aliphatic hydroxyl groups excluding tert-OH is 1. The van der Waals surface area contributed by atoms with Crippen LogP contribution in [0.1, 0.15) is 60.3 Å². The van der Waals surface area contributed by atoms with Crippen LogP contribution in [0.4, 0.5) is 0 Å². The first-order chi connectivity index (χ1) is 15.8. The van der Waals surface area contributed by atoms with Gasteiger partial charge in [0.1, 0.15) is 12.1 Å². The van der Waals surface area contributed by atoms with Crippen molar-refractivity contribution >= 4 is 23.6 Å². The molecule has 0 aromatic carbocycles. The van der Waals surface area contributed by atoms with E-state index in [0.29, 0.717) is 12.8 Å². The smallest absolute Gasteiger partial charge is 0.273 e. The molecule has 0 bridgehead atoms. The summed E-state index contributed by atoms with van der Waals surface area (Å²) in [6.07, 6.45) is 2.78. The van der Waals surface area contributed by atoms with Gasteiger partial charge in [-0.2, -0.15) is 0 Å². The lowest BCUT2D eigenvalue weighted by Crippen LogP contribution is -2.57. The Morgan fingerprint density at radius 3 is 2.12 bits per heavy atom. The highest BCUT2D eigenvalue weighted by Gasteiger charge is 2.36. The lowest BCUT2D eigenvalue weighted by Gasteiger charge is -2.34. The summed E-state index contributed by atoms with van der Waals surface area (Å²) in [4.78, 5) is 52.8. The first-order valence-corrected chi connectivity index (χ1v) is 11.8. The minimum absolute atomic E-state index is 0.115. The fraction of sp³-hybridized carbons (Fsp3) is 0.750. The van der Waals surface area contributed by atoms with Crippen molar-refractivity contribution in [3.63, 3.8) is 0 Å². The lowest BCUT2D eigenvalue weighted by atomic mass is 9.97. The van der Waals surface area contributed by atoms with E-state index >= 15 is 0 Å². The van der Waals surface area contributed by atoms with Gasteiger partial charge in [-0.3, -0.25) is 19.2 Å². The fourth-order valence-electron chi connectivity index (χ4n) is 3.52. The first kappa shape index (κ1) is 31.5. The maximum Gasteiger partial charge on any atom is 0.273 e. The topological polar surface area (TPSA) is 142 Å². The number of likely N-dealkylation sites (N-methyl/N-ethyl adjacent to an activating group) is 2. The molecule has 0 fully saturated rings. The van der Waals surface area contributed by atoms with E-state index in [1.165, 1.54) is 26.1 Å². The molecule has 10 nitrogen and oxygen atoms in total. The number of amides is 4. The molecule has 0 aliphatic carbocycles. The van der Waals surface area contributed by atoms with E-state index in [1.54, 1.807) is 6.92 Å². The van der Waals surface area contributed by atoms with Crippen molar-refractivity contribution in [1.29, 1.82) is 0 Å². The van der Waals surface area contributed by atoms with Gasteiger partial charge in [-0.25, -0.2) is 0 Å². The standard InChI is InChI=1S/C24H44N4O6/c1-9-11-12-16(5)19(29)14-20(30)26-17(10-2)22(32)28(7)24(34-8)23(33)27(6)18(21(25)31)13-15(3)4/h9,11,15-19,24,29H,10,12-14H2,1-8H3,(H2,25,31)(H,26,30)/b11-9+/t16-,17+,18+,19+,24-/m1/s1. The van der Waals surface area contributed by atoms with Crippen molar-refractivity contribution in [3.05, 3.63) is 12.2 Å². The predicted octanol–water partition coefficient (Wildman–Crippen LogP) is 1.02. The van der Waals surface area contributed by atoms with Gasteiger partial charge in [0, 0.05) is 21.2 Å². The van der Waals surface area contributed by atoms with Crippen LogP contribution in [0.5, 0.6) is 0 Å². The molecule has 10 heteroatoms. The lowest BCUT2D eigenvalue weighted by molar-refractivity contribution is -0.164. The molecule has 0 aromatic heterocycles. The van der Waals surface area contributed by atoms with Gasteiger partial charge in [0.05, 0.1) is 12.5 Å². The van der Waals surface area contributed by atoms with E-state index in [-0.39, 0.29) is 24.7 Å². The molecule has 0 aromatic rings. The molecule has 5 atom stereocenters. The predicted molar refractivity (Wildman–Crippen MR) is 130 cm³/mol. The van der Waals surface area contributed by atoms with E-state index < -0.39 is 48.0 Å². The van der Waals surface area contributed by atoms with Gasteiger partial charge in [-0.15, -0.1) is 0 Å². The fourth-order valence-corrected chi connectivity index (χ4v) is 3.52. The largest absolute Gasteiger partial charge is 0.392 e. The van der Waals surface area contributed by atoms with E-state index in [9.17, 15) is 24.3 Å². The van der Waals surface area contributed by atoms with Crippen LogP contribution in [-0.4, -0.2) is 84.2 Å². The Kier molecular flexibility index (Phi) is 14.3. The number of allylic oxidation sites excluding steroid dienone is 2. The number of hydrogen-bond donors (Lipinski definition) is 3. The molecule has 0 saturated heterocycles. The maximum atomic E-state index is 13.1. The summed E-state index contributed by atoms with van der Waals surface area (Å²) in [5, 5.41) is 12.9. The Morgan fingerprint density at radius 1 is 1.09 bits per heavy atom. The van der Waals surface area contributed by atoms with E-state index in [1.807, 2.05) is 39.8 Å². The summed E-state index contributed by atoms with van der Waals surface area (Å²) in [6.45, 7) is 9.27. The molecule has 196 valence electrons. The van der Waals surface area contributed by atoms with Crippen LogP contribution in [0, 0.1) is 11.8 Å². The molecular weight excluding hydrogens is 440 g/mol. The highest BCUT2D eigenvalue weighted by Crippen LogP contribution is 2.15. The van der Waals surface area contributed by atoms with Crippen LogP contribution in [-0.2, 0) is 23.9 Å². The third-order valence-electron chi connectivity index (χ3n) is 5.81. The van der Waals surface area contributed by atoms with Crippen LogP contribution in [0.25, 0.3) is 0 Å². The maximum absolute atomic E-state index is 13.1. The summed E-state index contributed by atoms with van der Waals surface area (Å²) in [7, 11) is 4.12. The minimum atomic E-state index is -1.30. The Bertz CT molecular complexity index is 712. The van der Waals surface area contributed by atoms with E-state index in [0.717, 1.165) is 4.90 Å². The van der Waals surface area contributed by atoms with Crippen molar-refractivity contribution < 1.29 is 29.0 Å². The zero-order valence-corrected chi connectivity index (χ0v) is 21.9. The average molecular weight is 485 g/mol. The van der Waals surface area contributed by atoms with Crippen molar-refractivity contribution in [2.24, 2.45) is 17.6 Å². The van der Waals surface area contributed by atoms with Gasteiger partial charge in [0.2, 0.25) is 23.9 Å². The van der Waals surface area contributed by atoms with Gasteiger partial charge in [0.15, 0.2) is 0 Å². The molecule has 4 amide bonds. The summed E-state index contributed by atoms with van der Waals surface area (Å²) in [6, 6.07) is -1.75. The third kappa shape index (κ3) is 9.80. The van der Waals surface area contributed by atoms with Crippen LogP contribution in [0.3, 0.4) is 0 Å². The Morgan fingerprint density at radius 2 is 1.68 bits per heavy atom. The second-order valence-corrected chi connectivity index (χ2v) is 9.12. The second-order valence-electron chi connectivity index (χ2n) is 9.12. The van der Waals surface area contributed by atoms with Crippen LogP contribution >= 0.6 is 0 Å². The Hall–Kier alpha value is -2.46. The highest BCUT2D eigenvalue weighted by atomic mass is 16.5.